The monoisotopic (exact) mass is 553 g/mol. The molecular formula is C29H28FN9O2. The van der Waals surface area contributed by atoms with E-state index in [1.54, 1.807) is 42.5 Å². The van der Waals surface area contributed by atoms with Crippen molar-refractivity contribution in [1.29, 1.82) is 0 Å². The Balaban J connectivity index is 1.25. The normalized spacial score (nSPS) is 15.4. The number of carbonyl (C=O) groups is 1. The van der Waals surface area contributed by atoms with Gasteiger partial charge in [0.15, 0.2) is 17.3 Å². The molecule has 6 rings (SSSR count). The Morgan fingerprint density at radius 2 is 2.00 bits per heavy atom. The zero-order valence-electron chi connectivity index (χ0n) is 22.9. The molecule has 5 heterocycles. The molecule has 1 fully saturated rings. The fourth-order valence-corrected chi connectivity index (χ4v) is 4.99. The van der Waals surface area contributed by atoms with Gasteiger partial charge < -0.3 is 24.4 Å². The molecule has 0 spiro atoms. The van der Waals surface area contributed by atoms with Gasteiger partial charge in [0.1, 0.15) is 34.7 Å². The largest absolute Gasteiger partial charge is 0.455 e. The van der Waals surface area contributed by atoms with Crippen LogP contribution in [0.3, 0.4) is 0 Å². The number of imidazole rings is 1. The Bertz CT molecular complexity index is 1800. The molecule has 1 atom stereocenters. The average Bonchev–Trinajstić information content (AvgIpc) is 3.36. The van der Waals surface area contributed by atoms with E-state index in [9.17, 15) is 4.79 Å². The third-order valence-corrected chi connectivity index (χ3v) is 7.22. The smallest absolute Gasteiger partial charge is 0.246 e. The van der Waals surface area contributed by atoms with Crippen molar-refractivity contribution in [2.45, 2.75) is 19.9 Å². The number of amides is 1. The number of hydrogen-bond donors (Lipinski definition) is 1. The summed E-state index contributed by atoms with van der Waals surface area (Å²) in [6.45, 7) is 9.04. The van der Waals surface area contributed by atoms with E-state index in [2.05, 4.69) is 36.7 Å². The summed E-state index contributed by atoms with van der Waals surface area (Å²) in [7, 11) is 1.86. The molecular weight excluding hydrogens is 525 g/mol. The van der Waals surface area contributed by atoms with Crippen LogP contribution in [0.15, 0.2) is 61.8 Å². The first-order valence-electron chi connectivity index (χ1n) is 13.1. The number of rotatable bonds is 6. The number of anilines is 3. The van der Waals surface area contributed by atoms with Crippen LogP contribution >= 0.6 is 0 Å². The molecule has 0 bridgehead atoms. The molecule has 4 aromatic heterocycles. The lowest BCUT2D eigenvalue weighted by atomic mass is 10.1. The summed E-state index contributed by atoms with van der Waals surface area (Å²) in [4.78, 5) is 38.2. The van der Waals surface area contributed by atoms with Gasteiger partial charge in [-0.15, -0.1) is 0 Å². The fourth-order valence-electron chi connectivity index (χ4n) is 4.99. The number of benzene rings is 1. The summed E-state index contributed by atoms with van der Waals surface area (Å²) in [5.74, 6) is 1.37. The third-order valence-electron chi connectivity index (χ3n) is 7.22. The molecule has 1 N–H and O–H groups in total. The Hall–Kier alpha value is -5.13. The van der Waals surface area contributed by atoms with E-state index in [1.807, 2.05) is 30.7 Å². The molecule has 0 saturated carbocycles. The number of nitrogens with one attached hydrogen (secondary N) is 1. The molecule has 0 unspecified atom stereocenters. The van der Waals surface area contributed by atoms with Gasteiger partial charge >= 0.3 is 0 Å². The molecule has 1 saturated heterocycles. The summed E-state index contributed by atoms with van der Waals surface area (Å²) < 4.78 is 23.3. The first-order valence-corrected chi connectivity index (χ1v) is 13.1. The second kappa shape index (κ2) is 10.5. The number of aryl methyl sites for hydroxylation is 1. The maximum Gasteiger partial charge on any atom is 0.246 e. The minimum Gasteiger partial charge on any atom is -0.455 e. The lowest BCUT2D eigenvalue weighted by Gasteiger charge is -2.40. The van der Waals surface area contributed by atoms with E-state index in [0.717, 1.165) is 11.5 Å². The highest BCUT2D eigenvalue weighted by atomic mass is 19.1. The highest BCUT2D eigenvalue weighted by Crippen LogP contribution is 2.33. The van der Waals surface area contributed by atoms with E-state index in [-0.39, 0.29) is 17.6 Å². The molecule has 1 aliphatic rings. The number of aromatic nitrogens is 6. The maximum absolute atomic E-state index is 15.6. The van der Waals surface area contributed by atoms with Crippen LogP contribution in [0.25, 0.3) is 22.2 Å². The predicted octanol–water partition coefficient (Wildman–Crippen LogP) is 4.51. The highest BCUT2D eigenvalue weighted by Gasteiger charge is 2.27. The van der Waals surface area contributed by atoms with Crippen LogP contribution in [0, 0.1) is 12.7 Å². The molecule has 1 amide bonds. The van der Waals surface area contributed by atoms with Crippen LogP contribution < -0.4 is 15.0 Å². The maximum atomic E-state index is 15.6. The number of nitrogens with zero attached hydrogens (tertiary/aromatic N) is 8. The van der Waals surface area contributed by atoms with E-state index in [0.29, 0.717) is 59.1 Å². The van der Waals surface area contributed by atoms with Gasteiger partial charge in [0.25, 0.3) is 0 Å². The molecule has 41 heavy (non-hydrogen) atoms. The number of hydrogen-bond acceptors (Lipinski definition) is 9. The number of piperazine rings is 1. The van der Waals surface area contributed by atoms with E-state index < -0.39 is 5.82 Å². The van der Waals surface area contributed by atoms with Crippen LogP contribution in [-0.2, 0) is 11.8 Å². The number of halogens is 1. The second-order valence-electron chi connectivity index (χ2n) is 9.94. The number of ether oxygens (including phenoxy) is 1. The molecule has 1 aliphatic heterocycles. The number of pyridine rings is 2. The van der Waals surface area contributed by atoms with Crippen molar-refractivity contribution in [2.75, 3.05) is 29.9 Å². The van der Waals surface area contributed by atoms with Gasteiger partial charge in [-0.25, -0.2) is 29.3 Å². The lowest BCUT2D eigenvalue weighted by molar-refractivity contribution is -0.128. The van der Waals surface area contributed by atoms with E-state index >= 15 is 4.39 Å². The summed E-state index contributed by atoms with van der Waals surface area (Å²) in [5, 5.41) is 3.09. The molecule has 0 radical (unpaired) electrons. The quantitative estimate of drug-likeness (QED) is 0.303. The topological polar surface area (TPSA) is 114 Å². The van der Waals surface area contributed by atoms with Crippen LogP contribution in [0.1, 0.15) is 12.5 Å². The Morgan fingerprint density at radius 1 is 1.15 bits per heavy atom. The lowest BCUT2D eigenvalue weighted by Crippen LogP contribution is -2.53. The van der Waals surface area contributed by atoms with Crippen molar-refractivity contribution < 1.29 is 13.9 Å². The number of fused-ring (bicyclic) bond motifs is 2. The Kier molecular flexibility index (Phi) is 6.66. The third kappa shape index (κ3) is 4.88. The molecule has 11 nitrogen and oxygen atoms in total. The summed E-state index contributed by atoms with van der Waals surface area (Å²) in [6.07, 6.45) is 6.01. The minimum atomic E-state index is -0.478. The van der Waals surface area contributed by atoms with Crippen molar-refractivity contribution in [3.05, 3.63) is 73.2 Å². The van der Waals surface area contributed by atoms with E-state index in [4.69, 9.17) is 9.72 Å². The van der Waals surface area contributed by atoms with E-state index in [1.165, 1.54) is 12.4 Å². The van der Waals surface area contributed by atoms with Gasteiger partial charge in [-0.1, -0.05) is 6.58 Å². The molecule has 208 valence electrons. The second-order valence-corrected chi connectivity index (χ2v) is 9.94. The first-order chi connectivity index (χ1) is 19.8. The van der Waals surface area contributed by atoms with Crippen LogP contribution in [0.4, 0.5) is 21.7 Å². The zero-order valence-corrected chi connectivity index (χ0v) is 22.9. The summed E-state index contributed by atoms with van der Waals surface area (Å²) >= 11 is 0. The van der Waals surface area contributed by atoms with Gasteiger partial charge in [0.05, 0.1) is 23.7 Å². The van der Waals surface area contributed by atoms with Crippen molar-refractivity contribution in [3.8, 4) is 11.5 Å². The highest BCUT2D eigenvalue weighted by molar-refractivity contribution is 5.89. The first kappa shape index (κ1) is 26.1. The van der Waals surface area contributed by atoms with Crippen molar-refractivity contribution in [3.63, 3.8) is 0 Å². The van der Waals surface area contributed by atoms with Gasteiger partial charge in [0.2, 0.25) is 5.91 Å². The average molecular weight is 554 g/mol. The van der Waals surface area contributed by atoms with Crippen LogP contribution in [-0.4, -0.2) is 66.0 Å². The van der Waals surface area contributed by atoms with Crippen LogP contribution in [0.2, 0.25) is 0 Å². The summed E-state index contributed by atoms with van der Waals surface area (Å²) in [6, 6.07) is 8.80. The van der Waals surface area contributed by atoms with Crippen molar-refractivity contribution in [1.82, 2.24) is 34.4 Å². The van der Waals surface area contributed by atoms with Gasteiger partial charge in [-0.05, 0) is 44.2 Å². The Morgan fingerprint density at radius 3 is 2.80 bits per heavy atom. The summed E-state index contributed by atoms with van der Waals surface area (Å²) in [5.41, 5.74) is 3.09. The minimum absolute atomic E-state index is 0.00387. The van der Waals surface area contributed by atoms with Crippen molar-refractivity contribution in [2.24, 2.45) is 7.05 Å². The number of carbonyl (C=O) groups excluding carboxylic acids is 1. The fraction of sp³-hybridized carbons (Fsp3) is 0.241. The standard InChI is InChI=1S/C29H28FN9O2/c1-5-25(40)39-11-10-38(14-17(39)2)24-9-7-21-27(36-24)28(33-15-32-21)35-20-6-8-23(18(3)26(20)30)41-19-12-22-29(31-13-19)37(4)16-34-22/h5-9,12-13,15-17H,1,10-11,14H2,2-4H3,(H,32,33,35)/t17-/m1/s1. The van der Waals surface area contributed by atoms with Crippen molar-refractivity contribution >= 4 is 45.4 Å². The van der Waals surface area contributed by atoms with Gasteiger partial charge in [-0.3, -0.25) is 4.79 Å². The predicted molar refractivity (Wildman–Crippen MR) is 154 cm³/mol. The Labute approximate surface area is 235 Å². The zero-order chi connectivity index (χ0) is 28.7. The van der Waals surface area contributed by atoms with Gasteiger partial charge in [-0.2, -0.15) is 0 Å². The molecule has 1 aromatic carbocycles. The molecule has 0 aliphatic carbocycles. The molecule has 5 aromatic rings. The van der Waals surface area contributed by atoms with Gasteiger partial charge in [0, 0.05) is 44.4 Å². The SMILES string of the molecule is C=CC(=O)N1CCN(c2ccc3ncnc(Nc4ccc(Oc5cnc6c(c5)ncn6C)c(C)c4F)c3n2)C[C@H]1C. The molecule has 12 heteroatoms. The van der Waals surface area contributed by atoms with Crippen LogP contribution in [0.5, 0.6) is 11.5 Å².